The van der Waals surface area contributed by atoms with E-state index in [4.69, 9.17) is 13.9 Å². The number of anilines is 1. The molecule has 0 aliphatic carbocycles. The number of aryl methyl sites for hydroxylation is 1. The van der Waals surface area contributed by atoms with Gasteiger partial charge in [0.15, 0.2) is 11.5 Å². The second-order valence-electron chi connectivity index (χ2n) is 6.27. The molecule has 30 heavy (non-hydrogen) atoms. The summed E-state index contributed by atoms with van der Waals surface area (Å²) >= 11 is 0. The first kappa shape index (κ1) is 20.4. The van der Waals surface area contributed by atoms with Crippen LogP contribution in [0, 0.1) is 18.3 Å². The molecule has 1 heterocycles. The number of nitrogens with one attached hydrogen (secondary N) is 1. The van der Waals surface area contributed by atoms with Gasteiger partial charge < -0.3 is 19.2 Å². The zero-order valence-corrected chi connectivity index (χ0v) is 16.3. The topological polar surface area (TPSA) is 102 Å². The molecule has 2 aromatic carbocycles. The number of amides is 1. The summed E-state index contributed by atoms with van der Waals surface area (Å²) in [6.07, 6.45) is 2.79. The van der Waals surface area contributed by atoms with Crippen molar-refractivity contribution in [2.45, 2.75) is 6.92 Å². The Morgan fingerprint density at radius 2 is 1.87 bits per heavy atom. The zero-order chi connectivity index (χ0) is 21.5. The van der Waals surface area contributed by atoms with Crippen LogP contribution < -0.4 is 14.8 Å². The summed E-state index contributed by atoms with van der Waals surface area (Å²) in [5.74, 6) is -0.704. The van der Waals surface area contributed by atoms with Crippen molar-refractivity contribution in [3.8, 4) is 17.6 Å². The fraction of sp³-hybridized carbons (Fsp3) is 0.0870. The number of nitrogens with zero attached hydrogens (tertiary/aromatic N) is 1. The third kappa shape index (κ3) is 4.94. The Hall–Kier alpha value is -4.31. The Morgan fingerprint density at radius 3 is 2.50 bits per heavy atom. The first-order valence-electron chi connectivity index (χ1n) is 8.93. The third-order valence-corrected chi connectivity index (χ3v) is 4.10. The van der Waals surface area contributed by atoms with Crippen LogP contribution in [0.4, 0.5) is 5.69 Å². The molecule has 3 aromatic rings. The number of rotatable bonds is 6. The molecule has 150 valence electrons. The Bertz CT molecular complexity index is 1120. The highest BCUT2D eigenvalue weighted by atomic mass is 16.6. The van der Waals surface area contributed by atoms with E-state index >= 15 is 0 Å². The summed E-state index contributed by atoms with van der Waals surface area (Å²) in [6, 6.07) is 16.9. The van der Waals surface area contributed by atoms with Crippen molar-refractivity contribution >= 4 is 23.6 Å². The van der Waals surface area contributed by atoms with Crippen LogP contribution in [-0.2, 0) is 4.79 Å². The quantitative estimate of drug-likeness (QED) is 0.284. The SMILES string of the molecule is COc1cc(/C=C(\C#N)C(=O)Nc2ccc(C)cc2)ccc1OC(=O)c1ccco1. The van der Waals surface area contributed by atoms with Gasteiger partial charge in [-0.15, -0.1) is 0 Å². The molecule has 0 aliphatic rings. The molecule has 0 saturated heterocycles. The molecule has 0 unspecified atom stereocenters. The summed E-state index contributed by atoms with van der Waals surface area (Å²) in [6.45, 7) is 1.94. The second kappa shape index (κ2) is 9.26. The Labute approximate surface area is 173 Å². The lowest BCUT2D eigenvalue weighted by molar-refractivity contribution is -0.112. The molecule has 0 spiro atoms. The van der Waals surface area contributed by atoms with Gasteiger partial charge in [0.2, 0.25) is 5.76 Å². The number of hydrogen-bond acceptors (Lipinski definition) is 6. The van der Waals surface area contributed by atoms with E-state index in [0.29, 0.717) is 11.3 Å². The molecule has 7 heteroatoms. The first-order valence-corrected chi connectivity index (χ1v) is 8.93. The number of nitriles is 1. The van der Waals surface area contributed by atoms with Gasteiger partial charge in [-0.2, -0.15) is 5.26 Å². The molecule has 0 saturated carbocycles. The predicted octanol–water partition coefficient (Wildman–Crippen LogP) is 4.36. The lowest BCUT2D eigenvalue weighted by Crippen LogP contribution is -2.13. The van der Waals surface area contributed by atoms with Gasteiger partial charge in [0.1, 0.15) is 11.6 Å². The number of carbonyl (C=O) groups is 2. The van der Waals surface area contributed by atoms with Gasteiger partial charge in [0, 0.05) is 5.69 Å². The highest BCUT2D eigenvalue weighted by molar-refractivity contribution is 6.09. The Balaban J connectivity index is 1.79. The Kier molecular flexibility index (Phi) is 6.30. The molecule has 1 amide bonds. The second-order valence-corrected chi connectivity index (χ2v) is 6.27. The molecule has 0 atom stereocenters. The van der Waals surface area contributed by atoms with Crippen LogP contribution in [0.1, 0.15) is 21.7 Å². The number of hydrogen-bond donors (Lipinski definition) is 1. The minimum Gasteiger partial charge on any atom is -0.493 e. The summed E-state index contributed by atoms with van der Waals surface area (Å²) < 4.78 is 15.6. The number of methoxy groups -OCH3 is 1. The van der Waals surface area contributed by atoms with Gasteiger partial charge in [-0.3, -0.25) is 4.79 Å². The molecule has 7 nitrogen and oxygen atoms in total. The largest absolute Gasteiger partial charge is 0.493 e. The van der Waals surface area contributed by atoms with Crippen molar-refractivity contribution in [3.05, 3.63) is 83.3 Å². The molecule has 1 aromatic heterocycles. The highest BCUT2D eigenvalue weighted by Gasteiger charge is 2.16. The van der Waals surface area contributed by atoms with Crippen molar-refractivity contribution in [2.75, 3.05) is 12.4 Å². The predicted molar refractivity (Wildman–Crippen MR) is 110 cm³/mol. The van der Waals surface area contributed by atoms with Gasteiger partial charge in [0.05, 0.1) is 13.4 Å². The van der Waals surface area contributed by atoms with Crippen molar-refractivity contribution < 1.29 is 23.5 Å². The summed E-state index contributed by atoms with van der Waals surface area (Å²) in [4.78, 5) is 24.5. The van der Waals surface area contributed by atoms with E-state index in [0.717, 1.165) is 5.56 Å². The van der Waals surface area contributed by atoms with Crippen molar-refractivity contribution in [1.82, 2.24) is 0 Å². The summed E-state index contributed by atoms with van der Waals surface area (Å²) in [5, 5.41) is 12.1. The van der Waals surface area contributed by atoms with Gasteiger partial charge >= 0.3 is 5.97 Å². The van der Waals surface area contributed by atoms with Crippen molar-refractivity contribution in [3.63, 3.8) is 0 Å². The third-order valence-electron chi connectivity index (χ3n) is 4.10. The minimum absolute atomic E-state index is 0.0561. The molecule has 1 N–H and O–H groups in total. The first-order chi connectivity index (χ1) is 14.5. The monoisotopic (exact) mass is 402 g/mol. The van der Waals surface area contributed by atoms with E-state index in [1.54, 1.807) is 30.3 Å². The Morgan fingerprint density at radius 1 is 1.10 bits per heavy atom. The lowest BCUT2D eigenvalue weighted by Gasteiger charge is -2.09. The van der Waals surface area contributed by atoms with Crippen LogP contribution in [-0.4, -0.2) is 19.0 Å². The van der Waals surface area contributed by atoms with Crippen LogP contribution in [0.3, 0.4) is 0 Å². The molecule has 0 aliphatic heterocycles. The maximum Gasteiger partial charge on any atom is 0.379 e. The van der Waals surface area contributed by atoms with Crippen LogP contribution in [0.5, 0.6) is 11.5 Å². The van der Waals surface area contributed by atoms with E-state index < -0.39 is 11.9 Å². The molecule has 0 fully saturated rings. The van der Waals surface area contributed by atoms with E-state index in [2.05, 4.69) is 5.32 Å². The van der Waals surface area contributed by atoms with Crippen LogP contribution >= 0.6 is 0 Å². The molecular weight excluding hydrogens is 384 g/mol. The average molecular weight is 402 g/mol. The molecule has 0 radical (unpaired) electrons. The van der Waals surface area contributed by atoms with E-state index in [1.807, 2.05) is 25.1 Å². The number of esters is 1. The van der Waals surface area contributed by atoms with Crippen LogP contribution in [0.15, 0.2) is 70.9 Å². The van der Waals surface area contributed by atoms with Gasteiger partial charge in [-0.25, -0.2) is 4.79 Å². The number of furan rings is 1. The average Bonchev–Trinajstić information content (AvgIpc) is 3.29. The molecular formula is C23H18N2O5. The number of carbonyl (C=O) groups excluding carboxylic acids is 2. The fourth-order valence-corrected chi connectivity index (χ4v) is 2.55. The zero-order valence-electron chi connectivity index (χ0n) is 16.3. The number of benzene rings is 2. The lowest BCUT2D eigenvalue weighted by atomic mass is 10.1. The smallest absolute Gasteiger partial charge is 0.379 e. The summed E-state index contributed by atoms with van der Waals surface area (Å²) in [7, 11) is 1.42. The van der Waals surface area contributed by atoms with E-state index in [1.165, 1.54) is 31.6 Å². The minimum atomic E-state index is -0.670. The standard InChI is InChI=1S/C23H18N2O5/c1-15-5-8-18(9-6-15)25-22(26)17(14-24)12-16-7-10-19(21(13-16)28-2)30-23(27)20-4-3-11-29-20/h3-13H,1-2H3,(H,25,26)/b17-12+. The van der Waals surface area contributed by atoms with Crippen LogP contribution in [0.2, 0.25) is 0 Å². The highest BCUT2D eigenvalue weighted by Crippen LogP contribution is 2.30. The summed E-state index contributed by atoms with van der Waals surface area (Å²) in [5.41, 5.74) is 2.09. The normalized spacial score (nSPS) is 10.8. The van der Waals surface area contributed by atoms with Gasteiger partial charge in [0.25, 0.3) is 5.91 Å². The maximum atomic E-state index is 12.4. The van der Waals surface area contributed by atoms with Crippen molar-refractivity contribution in [2.24, 2.45) is 0 Å². The van der Waals surface area contributed by atoms with E-state index in [9.17, 15) is 14.9 Å². The maximum absolute atomic E-state index is 12.4. The molecule has 0 bridgehead atoms. The molecule has 3 rings (SSSR count). The van der Waals surface area contributed by atoms with E-state index in [-0.39, 0.29) is 22.8 Å². The van der Waals surface area contributed by atoms with Crippen molar-refractivity contribution in [1.29, 1.82) is 5.26 Å². The van der Waals surface area contributed by atoms with Gasteiger partial charge in [-0.1, -0.05) is 23.8 Å². The van der Waals surface area contributed by atoms with Gasteiger partial charge in [-0.05, 0) is 55.0 Å². The fourth-order valence-electron chi connectivity index (χ4n) is 2.55. The number of ether oxygens (including phenoxy) is 2. The van der Waals surface area contributed by atoms with Crippen LogP contribution in [0.25, 0.3) is 6.08 Å².